The maximum atomic E-state index is 14.7. The molecule has 0 fully saturated rings. The average Bonchev–Trinajstić information content (AvgIpc) is 2.37. The topological polar surface area (TPSA) is 35.2 Å². The van der Waals surface area contributed by atoms with E-state index in [1.165, 1.54) is 5.56 Å². The molecule has 0 saturated carbocycles. The van der Waals surface area contributed by atoms with Gasteiger partial charge >= 0.3 is 0 Å². The van der Waals surface area contributed by atoms with Crippen LogP contribution in [0.3, 0.4) is 0 Å². The van der Waals surface area contributed by atoms with Crippen LogP contribution in [0.25, 0.3) is 0 Å². The summed E-state index contributed by atoms with van der Waals surface area (Å²) in [6, 6.07) is 8.19. The highest BCUT2D eigenvalue weighted by Gasteiger charge is 2.29. The highest BCUT2D eigenvalue weighted by molar-refractivity contribution is 5.25. The lowest BCUT2D eigenvalue weighted by atomic mass is 9.91. The Labute approximate surface area is 116 Å². The van der Waals surface area contributed by atoms with Gasteiger partial charge in [0.05, 0.1) is 6.61 Å². The van der Waals surface area contributed by atoms with Crippen LogP contribution in [0.15, 0.2) is 24.3 Å². The first-order chi connectivity index (χ1) is 9.00. The van der Waals surface area contributed by atoms with Crippen LogP contribution in [0.2, 0.25) is 0 Å². The Balaban J connectivity index is 2.72. The van der Waals surface area contributed by atoms with Crippen molar-refractivity contribution in [3.05, 3.63) is 35.4 Å². The molecule has 1 aromatic carbocycles. The number of methoxy groups -OCH3 is 1. The number of rotatable bonds is 8. The van der Waals surface area contributed by atoms with E-state index in [-0.39, 0.29) is 6.61 Å². The summed E-state index contributed by atoms with van der Waals surface area (Å²) >= 11 is 0. The normalized spacial score (nSPS) is 14.6. The molecule has 0 amide bonds. The Morgan fingerprint density at radius 3 is 2.37 bits per heavy atom. The Kier molecular flexibility index (Phi) is 6.46. The first-order valence-corrected chi connectivity index (χ1v) is 6.97. The number of hydrogen-bond donors (Lipinski definition) is 1. The van der Waals surface area contributed by atoms with Gasteiger partial charge in [-0.05, 0) is 36.4 Å². The van der Waals surface area contributed by atoms with Gasteiger partial charge in [0.1, 0.15) is 5.67 Å². The summed E-state index contributed by atoms with van der Waals surface area (Å²) in [5, 5.41) is 0. The number of ether oxygens (including phenoxy) is 1. The van der Waals surface area contributed by atoms with Crippen molar-refractivity contribution in [3.8, 4) is 0 Å². The lowest BCUT2D eigenvalue weighted by Gasteiger charge is -2.24. The predicted molar refractivity (Wildman–Crippen MR) is 78.2 cm³/mol. The molecule has 0 saturated heterocycles. The highest BCUT2D eigenvalue weighted by Crippen LogP contribution is 2.25. The highest BCUT2D eigenvalue weighted by atomic mass is 19.1. The summed E-state index contributed by atoms with van der Waals surface area (Å²) in [7, 11) is 1.54. The third-order valence-corrected chi connectivity index (χ3v) is 3.40. The Hall–Kier alpha value is -0.930. The molecule has 1 rings (SSSR count). The maximum absolute atomic E-state index is 14.7. The molecule has 1 unspecified atom stereocenters. The van der Waals surface area contributed by atoms with Crippen molar-refractivity contribution in [1.82, 2.24) is 0 Å². The van der Waals surface area contributed by atoms with Crippen LogP contribution in [-0.2, 0) is 11.2 Å². The summed E-state index contributed by atoms with van der Waals surface area (Å²) in [6.45, 7) is 4.95. The fourth-order valence-electron chi connectivity index (χ4n) is 2.28. The van der Waals surface area contributed by atoms with Crippen molar-refractivity contribution in [2.24, 2.45) is 5.73 Å². The molecule has 1 atom stereocenters. The summed E-state index contributed by atoms with van der Waals surface area (Å²) < 4.78 is 19.8. The first-order valence-electron chi connectivity index (χ1n) is 6.97. The maximum Gasteiger partial charge on any atom is 0.138 e. The molecule has 3 heteroatoms. The van der Waals surface area contributed by atoms with Crippen molar-refractivity contribution in [3.63, 3.8) is 0 Å². The van der Waals surface area contributed by atoms with Gasteiger partial charge in [-0.1, -0.05) is 38.1 Å². The van der Waals surface area contributed by atoms with Crippen molar-refractivity contribution in [2.75, 3.05) is 20.3 Å². The van der Waals surface area contributed by atoms with Crippen LogP contribution in [-0.4, -0.2) is 25.9 Å². The van der Waals surface area contributed by atoms with E-state index in [9.17, 15) is 4.39 Å². The second kappa shape index (κ2) is 7.61. The molecule has 0 aliphatic heterocycles. The monoisotopic (exact) mass is 267 g/mol. The fourth-order valence-corrected chi connectivity index (χ4v) is 2.28. The zero-order chi connectivity index (χ0) is 14.3. The molecule has 2 nitrogen and oxygen atoms in total. The van der Waals surface area contributed by atoms with Crippen molar-refractivity contribution >= 4 is 0 Å². The lowest BCUT2D eigenvalue weighted by molar-refractivity contribution is 0.0334. The van der Waals surface area contributed by atoms with Gasteiger partial charge in [-0.25, -0.2) is 4.39 Å². The number of alkyl halides is 1. The van der Waals surface area contributed by atoms with Crippen molar-refractivity contribution < 1.29 is 9.13 Å². The lowest BCUT2D eigenvalue weighted by Crippen LogP contribution is -2.32. The van der Waals surface area contributed by atoms with Crippen LogP contribution >= 0.6 is 0 Å². The van der Waals surface area contributed by atoms with Crippen LogP contribution in [0.1, 0.15) is 43.7 Å². The van der Waals surface area contributed by atoms with Crippen LogP contribution in [0, 0.1) is 0 Å². The Morgan fingerprint density at radius 2 is 1.89 bits per heavy atom. The molecular formula is C16H26FNO. The average molecular weight is 267 g/mol. The quantitative estimate of drug-likeness (QED) is 0.783. The minimum atomic E-state index is -1.31. The molecule has 0 bridgehead atoms. The van der Waals surface area contributed by atoms with Gasteiger partial charge in [-0.2, -0.15) is 0 Å². The van der Waals surface area contributed by atoms with Gasteiger partial charge in [0.2, 0.25) is 0 Å². The fraction of sp³-hybridized carbons (Fsp3) is 0.625. The first kappa shape index (κ1) is 16.1. The largest absolute Gasteiger partial charge is 0.381 e. The molecule has 0 aliphatic rings. The van der Waals surface area contributed by atoms with Gasteiger partial charge in [-0.15, -0.1) is 0 Å². The van der Waals surface area contributed by atoms with E-state index in [2.05, 4.69) is 26.0 Å². The molecule has 1 aromatic rings. The summed E-state index contributed by atoms with van der Waals surface area (Å²) in [5.41, 5.74) is 6.45. The van der Waals surface area contributed by atoms with E-state index >= 15 is 0 Å². The predicted octanol–water partition coefficient (Wildman–Crippen LogP) is 3.45. The van der Waals surface area contributed by atoms with Crippen LogP contribution in [0.4, 0.5) is 4.39 Å². The number of hydrogen-bond acceptors (Lipinski definition) is 2. The molecule has 2 N–H and O–H groups in total. The van der Waals surface area contributed by atoms with Crippen LogP contribution < -0.4 is 5.73 Å². The van der Waals surface area contributed by atoms with Gasteiger partial charge in [0.15, 0.2) is 0 Å². The number of benzene rings is 1. The SMILES string of the molecule is COCC(F)(CCCN)Cc1ccc(C(C)C)cc1. The zero-order valence-corrected chi connectivity index (χ0v) is 12.3. The molecule has 108 valence electrons. The minimum absolute atomic E-state index is 0.124. The van der Waals surface area contributed by atoms with E-state index < -0.39 is 5.67 Å². The number of halogens is 1. The van der Waals surface area contributed by atoms with E-state index in [4.69, 9.17) is 10.5 Å². The zero-order valence-electron chi connectivity index (χ0n) is 12.3. The van der Waals surface area contributed by atoms with Gasteiger partial charge in [-0.3, -0.25) is 0 Å². The molecule has 0 spiro atoms. The van der Waals surface area contributed by atoms with Crippen LogP contribution in [0.5, 0.6) is 0 Å². The third-order valence-electron chi connectivity index (χ3n) is 3.40. The molecule has 0 radical (unpaired) electrons. The minimum Gasteiger partial charge on any atom is -0.381 e. The summed E-state index contributed by atoms with van der Waals surface area (Å²) in [4.78, 5) is 0. The molecule has 19 heavy (non-hydrogen) atoms. The van der Waals surface area contributed by atoms with Gasteiger partial charge < -0.3 is 10.5 Å². The second-order valence-corrected chi connectivity index (χ2v) is 5.55. The van der Waals surface area contributed by atoms with Crippen molar-refractivity contribution in [1.29, 1.82) is 0 Å². The molecular weight excluding hydrogens is 241 g/mol. The van der Waals surface area contributed by atoms with E-state index in [1.54, 1.807) is 7.11 Å². The molecule has 0 heterocycles. The van der Waals surface area contributed by atoms with E-state index in [1.807, 2.05) is 12.1 Å². The summed E-state index contributed by atoms with van der Waals surface area (Å²) in [6.07, 6.45) is 1.52. The molecule has 0 aliphatic carbocycles. The van der Waals surface area contributed by atoms with Gasteiger partial charge in [0.25, 0.3) is 0 Å². The number of nitrogens with two attached hydrogens (primary N) is 1. The van der Waals surface area contributed by atoms with Gasteiger partial charge in [0, 0.05) is 13.5 Å². The summed E-state index contributed by atoms with van der Waals surface area (Å²) in [5.74, 6) is 0.500. The Morgan fingerprint density at radius 1 is 1.26 bits per heavy atom. The van der Waals surface area contributed by atoms with E-state index in [0.717, 1.165) is 5.56 Å². The molecule has 0 aromatic heterocycles. The van der Waals surface area contributed by atoms with E-state index in [0.29, 0.717) is 31.7 Å². The smallest absolute Gasteiger partial charge is 0.138 e. The second-order valence-electron chi connectivity index (χ2n) is 5.55. The van der Waals surface area contributed by atoms with Crippen molar-refractivity contribution in [2.45, 2.75) is 44.7 Å². The Bertz CT molecular complexity index is 364. The third kappa shape index (κ3) is 5.29. The standard InChI is InChI=1S/C16H26FNO/c1-13(2)15-7-5-14(6-8-15)11-16(17,12-19-3)9-4-10-18/h5-8,13H,4,9-12,18H2,1-3H3.